The van der Waals surface area contributed by atoms with E-state index in [0.29, 0.717) is 5.95 Å². The Hall–Kier alpha value is -1.95. The van der Waals surface area contributed by atoms with Crippen LogP contribution in [0.2, 0.25) is 0 Å². The molecule has 0 aliphatic heterocycles. The smallest absolute Gasteiger partial charge is 0.248 e. The second-order valence-corrected chi connectivity index (χ2v) is 4.56. The lowest BCUT2D eigenvalue weighted by molar-refractivity contribution is 0.391. The van der Waals surface area contributed by atoms with Crippen molar-refractivity contribution in [3.63, 3.8) is 0 Å². The highest BCUT2D eigenvalue weighted by Gasteiger charge is 2.11. The van der Waals surface area contributed by atoms with Gasteiger partial charge in [0.05, 0.1) is 5.69 Å². The summed E-state index contributed by atoms with van der Waals surface area (Å²) in [4.78, 5) is 2.12. The third kappa shape index (κ3) is 3.04. The van der Waals surface area contributed by atoms with Crippen molar-refractivity contribution in [1.29, 1.82) is 0 Å². The largest absolute Gasteiger partial charge is 0.349 e. The van der Waals surface area contributed by atoms with E-state index in [1.54, 1.807) is 4.68 Å². The molecular weight excluding hydrogens is 228 g/mol. The standard InChI is InChI=1S/C12H18N6/c1-10(9-17(2)3)13-12-14-15-16-18(12)11-7-5-4-6-8-11/h4-8,10H,9H2,1-3H3,(H,13,14,16). The van der Waals surface area contributed by atoms with Crippen molar-refractivity contribution in [3.05, 3.63) is 30.3 Å². The van der Waals surface area contributed by atoms with Crippen LogP contribution in [-0.2, 0) is 0 Å². The fraction of sp³-hybridized carbons (Fsp3) is 0.417. The highest BCUT2D eigenvalue weighted by molar-refractivity contribution is 5.38. The number of rotatable bonds is 5. The van der Waals surface area contributed by atoms with Gasteiger partial charge in [-0.15, -0.1) is 0 Å². The van der Waals surface area contributed by atoms with Gasteiger partial charge >= 0.3 is 0 Å². The zero-order valence-corrected chi connectivity index (χ0v) is 10.9. The van der Waals surface area contributed by atoms with Crippen LogP contribution in [0.4, 0.5) is 5.95 Å². The van der Waals surface area contributed by atoms with Crippen LogP contribution in [0.15, 0.2) is 30.3 Å². The molecule has 0 amide bonds. The molecule has 2 aromatic rings. The molecule has 1 atom stereocenters. The molecular formula is C12H18N6. The molecule has 0 radical (unpaired) electrons. The van der Waals surface area contributed by atoms with Crippen LogP contribution in [0, 0.1) is 0 Å². The molecule has 0 saturated heterocycles. The molecule has 6 nitrogen and oxygen atoms in total. The predicted octanol–water partition coefficient (Wildman–Crippen LogP) is 1.02. The minimum absolute atomic E-state index is 0.272. The summed E-state index contributed by atoms with van der Waals surface area (Å²) in [5, 5.41) is 15.0. The number of hydrogen-bond acceptors (Lipinski definition) is 5. The average molecular weight is 246 g/mol. The summed E-state index contributed by atoms with van der Waals surface area (Å²) in [5.74, 6) is 0.663. The van der Waals surface area contributed by atoms with Gasteiger partial charge in [0.1, 0.15) is 0 Å². The van der Waals surface area contributed by atoms with Gasteiger partial charge in [0.2, 0.25) is 5.95 Å². The Kier molecular flexibility index (Phi) is 3.88. The summed E-state index contributed by atoms with van der Waals surface area (Å²) in [7, 11) is 4.08. The SMILES string of the molecule is CC(CN(C)C)Nc1nnnn1-c1ccccc1. The molecule has 96 valence electrons. The van der Waals surface area contributed by atoms with Crippen LogP contribution in [0.5, 0.6) is 0 Å². The molecule has 0 aliphatic carbocycles. The van der Waals surface area contributed by atoms with Crippen LogP contribution in [-0.4, -0.2) is 51.8 Å². The molecule has 0 saturated carbocycles. The van der Waals surface area contributed by atoms with E-state index in [1.165, 1.54) is 0 Å². The van der Waals surface area contributed by atoms with Crippen molar-refractivity contribution in [3.8, 4) is 5.69 Å². The molecule has 1 heterocycles. The lowest BCUT2D eigenvalue weighted by Crippen LogP contribution is -2.30. The molecule has 0 spiro atoms. The van der Waals surface area contributed by atoms with Crippen LogP contribution >= 0.6 is 0 Å². The molecule has 1 unspecified atom stereocenters. The van der Waals surface area contributed by atoms with E-state index >= 15 is 0 Å². The highest BCUT2D eigenvalue weighted by Crippen LogP contribution is 2.11. The number of likely N-dealkylation sites (N-methyl/N-ethyl adjacent to an activating group) is 1. The van der Waals surface area contributed by atoms with Gasteiger partial charge in [-0.1, -0.05) is 23.3 Å². The van der Waals surface area contributed by atoms with Crippen LogP contribution in [0.3, 0.4) is 0 Å². The number of nitrogens with one attached hydrogen (secondary N) is 1. The molecule has 6 heteroatoms. The molecule has 0 bridgehead atoms. The molecule has 0 aliphatic rings. The third-order valence-electron chi connectivity index (χ3n) is 2.48. The minimum Gasteiger partial charge on any atom is -0.349 e. The van der Waals surface area contributed by atoms with Gasteiger partial charge in [0.15, 0.2) is 0 Å². The van der Waals surface area contributed by atoms with Gasteiger partial charge in [0, 0.05) is 12.6 Å². The van der Waals surface area contributed by atoms with Crippen LogP contribution in [0.25, 0.3) is 5.69 Å². The fourth-order valence-electron chi connectivity index (χ4n) is 1.83. The van der Waals surface area contributed by atoms with E-state index in [1.807, 2.05) is 44.4 Å². The number of nitrogens with zero attached hydrogens (tertiary/aromatic N) is 5. The van der Waals surface area contributed by atoms with E-state index in [4.69, 9.17) is 0 Å². The number of hydrogen-bond donors (Lipinski definition) is 1. The Morgan fingerprint density at radius 2 is 2.00 bits per heavy atom. The zero-order chi connectivity index (χ0) is 13.0. The summed E-state index contributed by atoms with van der Waals surface area (Å²) < 4.78 is 1.70. The maximum absolute atomic E-state index is 4.01. The molecule has 2 rings (SSSR count). The first-order valence-corrected chi connectivity index (χ1v) is 5.92. The number of tetrazole rings is 1. The topological polar surface area (TPSA) is 58.9 Å². The van der Waals surface area contributed by atoms with Gasteiger partial charge in [0.25, 0.3) is 0 Å². The quantitative estimate of drug-likeness (QED) is 0.853. The lowest BCUT2D eigenvalue weighted by atomic mass is 10.3. The fourth-order valence-corrected chi connectivity index (χ4v) is 1.83. The zero-order valence-electron chi connectivity index (χ0n) is 10.9. The van der Waals surface area contributed by atoms with Crippen LogP contribution in [0.1, 0.15) is 6.92 Å². The number of aromatic nitrogens is 4. The number of anilines is 1. The van der Waals surface area contributed by atoms with Crippen LogP contribution < -0.4 is 5.32 Å². The summed E-state index contributed by atoms with van der Waals surface area (Å²) in [6.07, 6.45) is 0. The molecule has 1 aromatic heterocycles. The van der Waals surface area contributed by atoms with Gasteiger partial charge in [-0.05, 0) is 43.6 Å². The average Bonchev–Trinajstić information content (AvgIpc) is 2.77. The third-order valence-corrected chi connectivity index (χ3v) is 2.48. The van der Waals surface area contributed by atoms with E-state index < -0.39 is 0 Å². The van der Waals surface area contributed by atoms with Crippen molar-refractivity contribution >= 4 is 5.95 Å². The van der Waals surface area contributed by atoms with Gasteiger partial charge < -0.3 is 10.2 Å². The molecule has 1 aromatic carbocycles. The van der Waals surface area contributed by atoms with Crippen molar-refractivity contribution in [1.82, 2.24) is 25.1 Å². The van der Waals surface area contributed by atoms with Crippen molar-refractivity contribution < 1.29 is 0 Å². The normalized spacial score (nSPS) is 12.7. The Balaban J connectivity index is 2.14. The lowest BCUT2D eigenvalue weighted by Gasteiger charge is -2.18. The Morgan fingerprint density at radius 3 is 2.67 bits per heavy atom. The minimum atomic E-state index is 0.272. The molecule has 18 heavy (non-hydrogen) atoms. The Labute approximate surface area is 107 Å². The maximum Gasteiger partial charge on any atom is 0.248 e. The second kappa shape index (κ2) is 5.59. The van der Waals surface area contributed by atoms with E-state index in [9.17, 15) is 0 Å². The number of benzene rings is 1. The predicted molar refractivity (Wildman–Crippen MR) is 70.8 cm³/mol. The number of para-hydroxylation sites is 1. The monoisotopic (exact) mass is 246 g/mol. The van der Waals surface area contributed by atoms with Gasteiger partial charge in [-0.25, -0.2) is 0 Å². The summed E-state index contributed by atoms with van der Waals surface area (Å²) in [6, 6.07) is 10.1. The van der Waals surface area contributed by atoms with E-state index in [0.717, 1.165) is 12.2 Å². The van der Waals surface area contributed by atoms with Gasteiger partial charge in [-0.2, -0.15) is 4.68 Å². The van der Waals surface area contributed by atoms with E-state index in [2.05, 4.69) is 32.7 Å². The van der Waals surface area contributed by atoms with Crippen molar-refractivity contribution in [2.24, 2.45) is 0 Å². The van der Waals surface area contributed by atoms with Crippen molar-refractivity contribution in [2.45, 2.75) is 13.0 Å². The summed E-state index contributed by atoms with van der Waals surface area (Å²) in [6.45, 7) is 3.02. The highest BCUT2D eigenvalue weighted by atomic mass is 15.6. The van der Waals surface area contributed by atoms with Crippen molar-refractivity contribution in [2.75, 3.05) is 26.0 Å². The van der Waals surface area contributed by atoms with Gasteiger partial charge in [-0.3, -0.25) is 0 Å². The first-order valence-electron chi connectivity index (χ1n) is 5.92. The first kappa shape index (κ1) is 12.5. The van der Waals surface area contributed by atoms with E-state index in [-0.39, 0.29) is 6.04 Å². The Morgan fingerprint density at radius 1 is 1.28 bits per heavy atom. The Bertz CT molecular complexity index is 478. The summed E-state index contributed by atoms with van der Waals surface area (Å²) in [5.41, 5.74) is 0.946. The maximum atomic E-state index is 4.01. The second-order valence-electron chi connectivity index (χ2n) is 4.56. The first-order chi connectivity index (χ1) is 8.66. The summed E-state index contributed by atoms with van der Waals surface area (Å²) >= 11 is 0. The molecule has 1 N–H and O–H groups in total. The molecule has 0 fully saturated rings.